The molecule has 1 amide bonds. The molecule has 0 fully saturated rings. The molecule has 0 bridgehead atoms. The second-order valence-electron chi connectivity index (χ2n) is 7.38. The number of aliphatic hydroxyl groups is 1. The summed E-state index contributed by atoms with van der Waals surface area (Å²) in [6.07, 6.45) is -1.40. The lowest BCUT2D eigenvalue weighted by atomic mass is 9.99. The van der Waals surface area contributed by atoms with Gasteiger partial charge in [0.1, 0.15) is 19.8 Å². The van der Waals surface area contributed by atoms with Gasteiger partial charge in [0.15, 0.2) is 0 Å². The van der Waals surface area contributed by atoms with Crippen LogP contribution >= 0.6 is 0 Å². The van der Waals surface area contributed by atoms with Crippen molar-refractivity contribution >= 4 is 14.2 Å². The highest BCUT2D eigenvalue weighted by Gasteiger charge is 2.26. The van der Waals surface area contributed by atoms with Crippen molar-refractivity contribution in [1.82, 2.24) is 5.32 Å². The third-order valence-electron chi connectivity index (χ3n) is 2.34. The van der Waals surface area contributed by atoms with E-state index in [0.29, 0.717) is 0 Å². The number of ether oxygens (including phenoxy) is 1. The first-order valence-electron chi connectivity index (χ1n) is 7.02. The molecule has 0 unspecified atom stereocenters. The van der Waals surface area contributed by atoms with Gasteiger partial charge in [-0.25, -0.2) is 4.79 Å². The van der Waals surface area contributed by atoms with Crippen molar-refractivity contribution in [2.75, 3.05) is 0 Å². The molecule has 0 aliphatic heterocycles. The maximum absolute atomic E-state index is 11.8. The topological polar surface area (TPSA) is 58.6 Å². The molecule has 4 nitrogen and oxygen atoms in total. The number of hydrogen-bond donors (Lipinski definition) is 2. The minimum Gasteiger partial charge on any atom is -0.444 e. The van der Waals surface area contributed by atoms with Gasteiger partial charge < -0.3 is 15.2 Å². The Bertz CT molecular complexity index is 383. The summed E-state index contributed by atoms with van der Waals surface area (Å²) in [7, 11) is -1.54. The Labute approximate surface area is 124 Å². The monoisotopic (exact) mass is 299 g/mol. The molecule has 2 N–H and O–H groups in total. The smallest absolute Gasteiger partial charge is 0.408 e. The Morgan fingerprint density at radius 3 is 2.10 bits per heavy atom. The maximum Gasteiger partial charge on any atom is 0.408 e. The normalized spacial score (nSPS) is 15.1. The number of hydrogen-bond acceptors (Lipinski definition) is 3. The van der Waals surface area contributed by atoms with Crippen molar-refractivity contribution in [3.05, 3.63) is 0 Å². The van der Waals surface area contributed by atoms with Crippen LogP contribution in [0.25, 0.3) is 0 Å². The van der Waals surface area contributed by atoms with Crippen molar-refractivity contribution in [3.63, 3.8) is 0 Å². The molecule has 0 aromatic carbocycles. The molecule has 20 heavy (non-hydrogen) atoms. The third-order valence-corrected chi connectivity index (χ3v) is 3.23. The quantitative estimate of drug-likeness (QED) is 0.622. The summed E-state index contributed by atoms with van der Waals surface area (Å²) in [5.41, 5.74) is 2.57. The van der Waals surface area contributed by atoms with Crippen LogP contribution in [-0.4, -0.2) is 37.0 Å². The van der Waals surface area contributed by atoms with Gasteiger partial charge in [-0.05, 0) is 26.7 Å². The lowest BCUT2D eigenvalue weighted by Gasteiger charge is -2.27. The van der Waals surface area contributed by atoms with E-state index in [1.165, 1.54) is 0 Å². The molecule has 0 saturated carbocycles. The summed E-state index contributed by atoms with van der Waals surface area (Å²) in [4.78, 5) is 11.8. The van der Waals surface area contributed by atoms with Crippen LogP contribution in [0.1, 0.15) is 34.6 Å². The Kier molecular flexibility index (Phi) is 6.79. The molecule has 0 spiro atoms. The third kappa shape index (κ3) is 9.00. The minimum absolute atomic E-state index is 0.0634. The first-order valence-corrected chi connectivity index (χ1v) is 10.5. The fraction of sp³-hybridized carbons (Fsp3) is 0.800. The summed E-state index contributed by atoms with van der Waals surface area (Å²) in [5.74, 6) is 2.93. The Balaban J connectivity index is 4.81. The standard InChI is InChI=1S/C15H29NO3Si/c1-11(2)13(12(17)9-10-20(6,7)8)16-14(18)19-15(3,4)5/h11-13,17H,1-8H3,(H,16,18)/t12-,13-/m0/s1. The second-order valence-corrected chi connectivity index (χ2v) is 12.1. The molecular formula is C15H29NO3Si. The molecule has 0 rings (SSSR count). The van der Waals surface area contributed by atoms with E-state index in [4.69, 9.17) is 4.74 Å². The SMILES string of the molecule is CC(C)[C@H](NC(=O)OC(C)(C)C)[C@@H](O)C#C[Si](C)(C)C. The lowest BCUT2D eigenvalue weighted by Crippen LogP contribution is -2.48. The second kappa shape index (κ2) is 7.14. The van der Waals surface area contributed by atoms with Gasteiger partial charge in [-0.3, -0.25) is 0 Å². The first-order chi connectivity index (χ1) is 8.82. The summed E-state index contributed by atoms with van der Waals surface area (Å²) < 4.78 is 5.21. The lowest BCUT2D eigenvalue weighted by molar-refractivity contribution is 0.0429. The van der Waals surface area contributed by atoms with Gasteiger partial charge in [-0.2, -0.15) is 0 Å². The average Bonchev–Trinajstić information content (AvgIpc) is 2.18. The van der Waals surface area contributed by atoms with Gasteiger partial charge in [0.25, 0.3) is 0 Å². The Hall–Kier alpha value is -0.993. The number of nitrogens with one attached hydrogen (secondary N) is 1. The van der Waals surface area contributed by atoms with E-state index < -0.39 is 31.9 Å². The molecule has 5 heteroatoms. The van der Waals surface area contributed by atoms with Gasteiger partial charge >= 0.3 is 6.09 Å². The van der Waals surface area contributed by atoms with Gasteiger partial charge in [0.2, 0.25) is 0 Å². The predicted octanol–water partition coefficient (Wildman–Crippen LogP) is 2.78. The van der Waals surface area contributed by atoms with E-state index in [0.717, 1.165) is 0 Å². The van der Waals surface area contributed by atoms with E-state index in [-0.39, 0.29) is 5.92 Å². The summed E-state index contributed by atoms with van der Waals surface area (Å²) >= 11 is 0. The van der Waals surface area contributed by atoms with Gasteiger partial charge in [0, 0.05) is 0 Å². The van der Waals surface area contributed by atoms with Gasteiger partial charge in [-0.15, -0.1) is 5.54 Å². The summed E-state index contributed by atoms with van der Waals surface area (Å²) in [5, 5.41) is 12.9. The van der Waals surface area contributed by atoms with E-state index in [1.807, 2.05) is 13.8 Å². The van der Waals surface area contributed by atoms with Crippen LogP contribution in [-0.2, 0) is 4.74 Å². The molecule has 0 aromatic heterocycles. The molecule has 0 heterocycles. The number of aliphatic hydroxyl groups excluding tert-OH is 1. The number of alkyl carbamates (subject to hydrolysis) is 1. The van der Waals surface area contributed by atoms with Crippen LogP contribution in [0.2, 0.25) is 19.6 Å². The van der Waals surface area contributed by atoms with Crippen molar-refractivity contribution in [2.24, 2.45) is 5.92 Å². The molecule has 0 saturated heterocycles. The Morgan fingerprint density at radius 1 is 1.25 bits per heavy atom. The molecule has 0 aliphatic rings. The first kappa shape index (κ1) is 19.0. The zero-order valence-corrected chi connectivity index (χ0v) is 15.0. The fourth-order valence-electron chi connectivity index (χ4n) is 1.43. The number of carbonyl (C=O) groups is 1. The number of rotatable bonds is 3. The minimum atomic E-state index is -1.54. The van der Waals surface area contributed by atoms with E-state index >= 15 is 0 Å². The average molecular weight is 299 g/mol. The molecule has 0 aliphatic carbocycles. The van der Waals surface area contributed by atoms with Crippen molar-refractivity contribution in [2.45, 2.75) is 72.0 Å². The number of carbonyl (C=O) groups excluding carboxylic acids is 1. The van der Waals surface area contributed by atoms with Crippen LogP contribution in [0.4, 0.5) is 4.79 Å². The molecule has 116 valence electrons. The Morgan fingerprint density at radius 2 is 1.75 bits per heavy atom. The van der Waals surface area contributed by atoms with Crippen LogP contribution in [0.5, 0.6) is 0 Å². The zero-order valence-electron chi connectivity index (χ0n) is 14.0. The molecule has 0 aromatic rings. The predicted molar refractivity (Wildman–Crippen MR) is 85.1 cm³/mol. The maximum atomic E-state index is 11.8. The molecule has 2 atom stereocenters. The van der Waals surface area contributed by atoms with Crippen molar-refractivity contribution < 1.29 is 14.6 Å². The van der Waals surface area contributed by atoms with E-state index in [9.17, 15) is 9.90 Å². The fourth-order valence-corrected chi connectivity index (χ4v) is 2.01. The van der Waals surface area contributed by atoms with E-state index in [2.05, 4.69) is 36.4 Å². The molecule has 0 radical (unpaired) electrons. The van der Waals surface area contributed by atoms with Crippen LogP contribution in [0.15, 0.2) is 0 Å². The zero-order chi connectivity index (χ0) is 16.1. The van der Waals surface area contributed by atoms with Crippen molar-refractivity contribution in [3.8, 4) is 11.5 Å². The van der Waals surface area contributed by atoms with Crippen molar-refractivity contribution in [1.29, 1.82) is 0 Å². The van der Waals surface area contributed by atoms with Crippen LogP contribution in [0, 0.1) is 17.4 Å². The van der Waals surface area contributed by atoms with Gasteiger partial charge in [-0.1, -0.05) is 39.4 Å². The van der Waals surface area contributed by atoms with E-state index in [1.54, 1.807) is 20.8 Å². The highest BCUT2D eigenvalue weighted by molar-refractivity contribution is 6.83. The van der Waals surface area contributed by atoms with Gasteiger partial charge in [0.05, 0.1) is 6.04 Å². The number of amides is 1. The van der Waals surface area contributed by atoms with Crippen LogP contribution in [0.3, 0.4) is 0 Å². The summed E-state index contributed by atoms with van der Waals surface area (Å²) in [6, 6.07) is -0.436. The highest BCUT2D eigenvalue weighted by atomic mass is 28.3. The van der Waals surface area contributed by atoms with Crippen LogP contribution < -0.4 is 5.32 Å². The highest BCUT2D eigenvalue weighted by Crippen LogP contribution is 2.11. The summed E-state index contributed by atoms with van der Waals surface area (Å²) in [6.45, 7) is 15.6. The molecular weight excluding hydrogens is 270 g/mol. The largest absolute Gasteiger partial charge is 0.444 e.